The molecule has 5 nitrogen and oxygen atoms in total. The van der Waals surface area contributed by atoms with Gasteiger partial charge in [-0.3, -0.25) is 9.52 Å². The molecule has 0 aliphatic rings. The Bertz CT molecular complexity index is 1190. The van der Waals surface area contributed by atoms with Crippen LogP contribution in [0, 0.1) is 13.8 Å². The summed E-state index contributed by atoms with van der Waals surface area (Å²) >= 11 is 5.84. The summed E-state index contributed by atoms with van der Waals surface area (Å²) in [6.07, 6.45) is 0.789. The van der Waals surface area contributed by atoms with Gasteiger partial charge in [-0.15, -0.1) is 0 Å². The number of halogens is 1. The molecular weight excluding hydrogens is 420 g/mol. The molecule has 7 heteroatoms. The van der Waals surface area contributed by atoms with Crippen LogP contribution >= 0.6 is 11.6 Å². The molecule has 3 aromatic rings. The van der Waals surface area contributed by atoms with Gasteiger partial charge in [0.15, 0.2) is 0 Å². The van der Waals surface area contributed by atoms with Gasteiger partial charge >= 0.3 is 0 Å². The van der Waals surface area contributed by atoms with Gasteiger partial charge in [0.2, 0.25) is 0 Å². The van der Waals surface area contributed by atoms with E-state index in [4.69, 9.17) is 11.6 Å². The molecule has 0 radical (unpaired) electrons. The van der Waals surface area contributed by atoms with E-state index in [9.17, 15) is 13.2 Å². The number of para-hydroxylation sites is 1. The van der Waals surface area contributed by atoms with E-state index < -0.39 is 10.0 Å². The number of anilines is 2. The van der Waals surface area contributed by atoms with Crippen LogP contribution in [0.5, 0.6) is 0 Å². The predicted octanol–water partition coefficient (Wildman–Crippen LogP) is 5.57. The molecule has 3 aromatic carbocycles. The number of sulfonamides is 1. The van der Waals surface area contributed by atoms with E-state index in [1.807, 2.05) is 32.0 Å². The first-order chi connectivity index (χ1) is 14.2. The first-order valence-corrected chi connectivity index (χ1v) is 11.4. The van der Waals surface area contributed by atoms with Crippen LogP contribution in [0.15, 0.2) is 65.6 Å². The third kappa shape index (κ3) is 4.83. The number of rotatable bonds is 6. The Balaban J connectivity index is 1.88. The van der Waals surface area contributed by atoms with Gasteiger partial charge in [-0.2, -0.15) is 0 Å². The highest BCUT2D eigenvalue weighted by Gasteiger charge is 2.17. The third-order valence-electron chi connectivity index (χ3n) is 4.85. The number of hydrogen-bond acceptors (Lipinski definition) is 3. The van der Waals surface area contributed by atoms with Crippen LogP contribution in [-0.2, 0) is 16.4 Å². The standard InChI is InChI=1S/C23H23ClN2O3S/c1-4-17-7-5-6-16(3)22(17)25-23(27)18-9-8-15(2)21(14-18)26-30(28,29)20-12-10-19(24)11-13-20/h5-14,26H,4H2,1-3H3,(H,25,27). The molecule has 3 rings (SSSR count). The predicted molar refractivity (Wildman–Crippen MR) is 122 cm³/mol. The summed E-state index contributed by atoms with van der Waals surface area (Å²) in [5, 5.41) is 3.41. The fraction of sp³-hybridized carbons (Fsp3) is 0.174. The number of carbonyl (C=O) groups excluding carboxylic acids is 1. The maximum Gasteiger partial charge on any atom is 0.261 e. The van der Waals surface area contributed by atoms with Gasteiger partial charge in [0.05, 0.1) is 10.6 Å². The Kier molecular flexibility index (Phi) is 6.48. The number of carbonyl (C=O) groups is 1. The topological polar surface area (TPSA) is 75.3 Å². The van der Waals surface area contributed by atoms with Crippen molar-refractivity contribution in [3.05, 3.63) is 87.9 Å². The molecule has 0 fully saturated rings. The fourth-order valence-corrected chi connectivity index (χ4v) is 4.33. The second kappa shape index (κ2) is 8.90. The second-order valence-corrected chi connectivity index (χ2v) is 9.12. The molecule has 0 bridgehead atoms. The van der Waals surface area contributed by atoms with Gasteiger partial charge in [0.1, 0.15) is 0 Å². The fourth-order valence-electron chi connectivity index (χ4n) is 3.08. The molecule has 30 heavy (non-hydrogen) atoms. The molecular formula is C23H23ClN2O3S. The first kappa shape index (κ1) is 21.9. The van der Waals surface area contributed by atoms with Gasteiger partial charge in [0, 0.05) is 16.3 Å². The molecule has 0 saturated carbocycles. The van der Waals surface area contributed by atoms with Crippen molar-refractivity contribution < 1.29 is 13.2 Å². The average molecular weight is 443 g/mol. The molecule has 0 aromatic heterocycles. The Morgan fingerprint density at radius 1 is 0.967 bits per heavy atom. The smallest absolute Gasteiger partial charge is 0.261 e. The second-order valence-electron chi connectivity index (χ2n) is 7.01. The van der Waals surface area contributed by atoms with Crippen molar-refractivity contribution in [2.24, 2.45) is 0 Å². The van der Waals surface area contributed by atoms with Gasteiger partial charge in [-0.1, -0.05) is 42.8 Å². The van der Waals surface area contributed by atoms with Gasteiger partial charge < -0.3 is 5.32 Å². The highest BCUT2D eigenvalue weighted by atomic mass is 35.5. The van der Waals surface area contributed by atoms with Gasteiger partial charge in [-0.25, -0.2) is 8.42 Å². The van der Waals surface area contributed by atoms with Crippen LogP contribution < -0.4 is 10.0 Å². The maximum atomic E-state index is 12.9. The molecule has 0 heterocycles. The van der Waals surface area contributed by atoms with Gasteiger partial charge in [-0.05, 0) is 73.4 Å². The van der Waals surface area contributed by atoms with Crippen LogP contribution in [0.4, 0.5) is 11.4 Å². The van der Waals surface area contributed by atoms with E-state index in [0.29, 0.717) is 21.8 Å². The minimum atomic E-state index is -3.81. The normalized spacial score (nSPS) is 11.2. The van der Waals surface area contributed by atoms with E-state index >= 15 is 0 Å². The van der Waals surface area contributed by atoms with Crippen molar-refractivity contribution in [2.75, 3.05) is 10.0 Å². The summed E-state index contributed by atoms with van der Waals surface area (Å²) < 4.78 is 28.0. The van der Waals surface area contributed by atoms with Gasteiger partial charge in [0.25, 0.3) is 15.9 Å². The van der Waals surface area contributed by atoms with Crippen LogP contribution in [0.25, 0.3) is 0 Å². The largest absolute Gasteiger partial charge is 0.321 e. The number of nitrogens with one attached hydrogen (secondary N) is 2. The van der Waals surface area contributed by atoms with E-state index in [0.717, 1.165) is 23.2 Å². The quantitative estimate of drug-likeness (QED) is 0.523. The van der Waals surface area contributed by atoms with E-state index in [1.165, 1.54) is 24.3 Å². The lowest BCUT2D eigenvalue weighted by Gasteiger charge is -2.15. The lowest BCUT2D eigenvalue weighted by atomic mass is 10.0. The summed E-state index contributed by atoms with van der Waals surface area (Å²) in [7, 11) is -3.81. The summed E-state index contributed by atoms with van der Waals surface area (Å²) in [5.74, 6) is -0.300. The molecule has 2 N–H and O–H groups in total. The minimum absolute atomic E-state index is 0.0913. The molecule has 0 spiro atoms. The van der Waals surface area contributed by atoms with Crippen molar-refractivity contribution in [2.45, 2.75) is 32.1 Å². The van der Waals surface area contributed by atoms with Crippen molar-refractivity contribution in [1.82, 2.24) is 0 Å². The van der Waals surface area contributed by atoms with Crippen LogP contribution in [0.2, 0.25) is 5.02 Å². The summed E-state index contributed by atoms with van der Waals surface area (Å²) in [6.45, 7) is 5.74. The van der Waals surface area contributed by atoms with Crippen molar-refractivity contribution in [1.29, 1.82) is 0 Å². The lowest BCUT2D eigenvalue weighted by Crippen LogP contribution is -2.17. The highest BCUT2D eigenvalue weighted by Crippen LogP contribution is 2.25. The molecule has 1 amide bonds. The average Bonchev–Trinajstić information content (AvgIpc) is 2.71. The Morgan fingerprint density at radius 3 is 2.33 bits per heavy atom. The van der Waals surface area contributed by atoms with Crippen LogP contribution in [-0.4, -0.2) is 14.3 Å². The van der Waals surface area contributed by atoms with Crippen molar-refractivity contribution >= 4 is 38.9 Å². The number of amides is 1. The SMILES string of the molecule is CCc1cccc(C)c1NC(=O)c1ccc(C)c(NS(=O)(=O)c2ccc(Cl)cc2)c1. The minimum Gasteiger partial charge on any atom is -0.321 e. The molecule has 0 atom stereocenters. The monoisotopic (exact) mass is 442 g/mol. The number of aryl methyl sites for hydroxylation is 3. The molecule has 0 aliphatic heterocycles. The molecule has 0 saturated heterocycles. The zero-order valence-corrected chi connectivity index (χ0v) is 18.6. The van der Waals surface area contributed by atoms with E-state index in [2.05, 4.69) is 10.0 Å². The number of hydrogen-bond donors (Lipinski definition) is 2. The molecule has 0 unspecified atom stereocenters. The van der Waals surface area contributed by atoms with Crippen molar-refractivity contribution in [3.63, 3.8) is 0 Å². The van der Waals surface area contributed by atoms with Crippen LogP contribution in [0.1, 0.15) is 34.0 Å². The maximum absolute atomic E-state index is 12.9. The van der Waals surface area contributed by atoms with Crippen LogP contribution in [0.3, 0.4) is 0 Å². The Hall–Kier alpha value is -2.83. The molecule has 0 aliphatic carbocycles. The zero-order chi connectivity index (χ0) is 21.9. The summed E-state index contributed by atoms with van der Waals surface area (Å²) in [6, 6.07) is 16.7. The first-order valence-electron chi connectivity index (χ1n) is 9.50. The number of benzene rings is 3. The highest BCUT2D eigenvalue weighted by molar-refractivity contribution is 7.92. The Labute approximate surface area is 182 Å². The lowest BCUT2D eigenvalue weighted by molar-refractivity contribution is 0.102. The zero-order valence-electron chi connectivity index (χ0n) is 17.0. The third-order valence-corrected chi connectivity index (χ3v) is 6.48. The van der Waals surface area contributed by atoms with E-state index in [-0.39, 0.29) is 10.8 Å². The summed E-state index contributed by atoms with van der Waals surface area (Å²) in [5.41, 5.74) is 4.21. The van der Waals surface area contributed by atoms with E-state index in [1.54, 1.807) is 25.1 Å². The summed E-state index contributed by atoms with van der Waals surface area (Å²) in [4.78, 5) is 13.0. The van der Waals surface area contributed by atoms with Crippen molar-refractivity contribution in [3.8, 4) is 0 Å². The molecule has 156 valence electrons. The Morgan fingerprint density at radius 2 is 1.67 bits per heavy atom.